The van der Waals surface area contributed by atoms with Gasteiger partial charge >= 0.3 is 6.09 Å². The van der Waals surface area contributed by atoms with Crippen LogP contribution in [-0.4, -0.2) is 47.6 Å². The van der Waals surface area contributed by atoms with E-state index in [1.807, 2.05) is 53.1 Å². The monoisotopic (exact) mass is 394 g/mol. The number of amides is 1. The number of nitrogens with one attached hydrogen (secondary N) is 1. The molecule has 2 rings (SSSR count). The van der Waals surface area contributed by atoms with E-state index in [0.29, 0.717) is 0 Å². The van der Waals surface area contributed by atoms with E-state index in [0.717, 1.165) is 6.42 Å². The maximum Gasteiger partial charge on any atom is 0.407 e. The van der Waals surface area contributed by atoms with Gasteiger partial charge in [0.05, 0.1) is 10.9 Å². The number of carbonyl (C=O) groups excluding carboxylic acids is 1. The van der Waals surface area contributed by atoms with Crippen LogP contribution in [0.4, 0.5) is 4.79 Å². The van der Waals surface area contributed by atoms with Crippen LogP contribution in [0.5, 0.6) is 0 Å². The van der Waals surface area contributed by atoms with Crippen molar-refractivity contribution < 1.29 is 9.53 Å². The van der Waals surface area contributed by atoms with Gasteiger partial charge in [-0.25, -0.2) is 4.79 Å². The van der Waals surface area contributed by atoms with E-state index in [1.54, 1.807) is 0 Å². The lowest BCUT2D eigenvalue weighted by Gasteiger charge is -2.40. The zero-order valence-electron chi connectivity index (χ0n) is 15.0. The van der Waals surface area contributed by atoms with Gasteiger partial charge < -0.3 is 15.0 Å². The number of benzene rings is 1. The number of alkyl halides is 1. The molecular formula is C19H27BrN2O2. The summed E-state index contributed by atoms with van der Waals surface area (Å²) < 4.78 is 5.41. The van der Waals surface area contributed by atoms with Crippen molar-refractivity contribution >= 4 is 27.6 Å². The first-order chi connectivity index (χ1) is 11.2. The lowest BCUT2D eigenvalue weighted by atomic mass is 9.86. The van der Waals surface area contributed by atoms with E-state index in [9.17, 15) is 4.79 Å². The Kier molecular flexibility index (Phi) is 6.10. The first-order valence-corrected chi connectivity index (χ1v) is 9.16. The van der Waals surface area contributed by atoms with Crippen LogP contribution in [0.1, 0.15) is 32.8 Å². The minimum Gasteiger partial charge on any atom is -0.444 e. The molecule has 1 aromatic rings. The molecule has 1 amide bonds. The second-order valence-electron chi connectivity index (χ2n) is 7.37. The molecule has 3 unspecified atom stereocenters. The molecule has 132 valence electrons. The third-order valence-corrected chi connectivity index (χ3v) is 5.04. The number of hydrogen-bond donors (Lipinski definition) is 1. The Morgan fingerprint density at radius 2 is 1.88 bits per heavy atom. The highest BCUT2D eigenvalue weighted by Crippen LogP contribution is 2.34. The molecule has 3 atom stereocenters. The minimum absolute atomic E-state index is 0.00770. The predicted molar refractivity (Wildman–Crippen MR) is 102 cm³/mol. The number of nitrogens with zero attached hydrogens (tertiary/aromatic N) is 1. The second-order valence-corrected chi connectivity index (χ2v) is 8.36. The fourth-order valence-corrected chi connectivity index (χ4v) is 4.32. The van der Waals surface area contributed by atoms with Crippen LogP contribution in [0.15, 0.2) is 36.4 Å². The van der Waals surface area contributed by atoms with Gasteiger partial charge in [0.25, 0.3) is 0 Å². The van der Waals surface area contributed by atoms with Gasteiger partial charge in [-0.2, -0.15) is 0 Å². The smallest absolute Gasteiger partial charge is 0.407 e. The van der Waals surface area contributed by atoms with E-state index in [-0.39, 0.29) is 23.0 Å². The van der Waals surface area contributed by atoms with Crippen LogP contribution in [0.3, 0.4) is 0 Å². The molecular weight excluding hydrogens is 368 g/mol. The van der Waals surface area contributed by atoms with E-state index in [2.05, 4.69) is 44.4 Å². The minimum atomic E-state index is -0.495. The summed E-state index contributed by atoms with van der Waals surface area (Å²) in [5.74, 6) is 0. The summed E-state index contributed by atoms with van der Waals surface area (Å²) in [6, 6.07) is 10.5. The summed E-state index contributed by atoms with van der Waals surface area (Å²) in [6.45, 7) is 5.62. The molecule has 1 aromatic carbocycles. The highest BCUT2D eigenvalue weighted by Gasteiger charge is 2.36. The quantitative estimate of drug-likeness (QED) is 0.785. The van der Waals surface area contributed by atoms with Crippen molar-refractivity contribution in [3.05, 3.63) is 42.0 Å². The Balaban J connectivity index is 2.19. The highest BCUT2D eigenvalue weighted by molar-refractivity contribution is 9.09. The normalized spacial score (nSPS) is 24.5. The summed E-state index contributed by atoms with van der Waals surface area (Å²) in [6.07, 6.45) is 2.61. The molecule has 1 aliphatic carbocycles. The first-order valence-electron chi connectivity index (χ1n) is 8.24. The molecule has 0 saturated heterocycles. The molecule has 0 aliphatic heterocycles. The number of likely N-dealkylation sites (N-methyl/N-ethyl adjacent to an activating group) is 1. The van der Waals surface area contributed by atoms with Crippen molar-refractivity contribution in [3.8, 4) is 0 Å². The van der Waals surface area contributed by atoms with Crippen molar-refractivity contribution in [2.45, 2.75) is 49.7 Å². The molecule has 1 aliphatic rings. The van der Waals surface area contributed by atoms with Gasteiger partial charge in [0, 0.05) is 6.04 Å². The first kappa shape index (κ1) is 19.0. The SMILES string of the molecule is CN(C)C1C(NC(=O)OC(C)(C)C)CC=C(c2ccccc2)C1Br. The van der Waals surface area contributed by atoms with Gasteiger partial charge in [0.15, 0.2) is 0 Å². The Hall–Kier alpha value is -1.33. The maximum atomic E-state index is 12.2. The molecule has 0 fully saturated rings. The Morgan fingerprint density at radius 3 is 2.42 bits per heavy atom. The number of halogens is 1. The van der Waals surface area contributed by atoms with Gasteiger partial charge in [0.2, 0.25) is 0 Å². The van der Waals surface area contributed by atoms with Crippen LogP contribution in [-0.2, 0) is 4.74 Å². The lowest BCUT2D eigenvalue weighted by Crippen LogP contribution is -2.55. The third-order valence-electron chi connectivity index (χ3n) is 4.01. The van der Waals surface area contributed by atoms with E-state index in [4.69, 9.17) is 4.74 Å². The van der Waals surface area contributed by atoms with Crippen molar-refractivity contribution in [2.24, 2.45) is 0 Å². The number of hydrogen-bond acceptors (Lipinski definition) is 3. The van der Waals surface area contributed by atoms with Gasteiger partial charge in [-0.15, -0.1) is 0 Å². The van der Waals surface area contributed by atoms with Gasteiger partial charge in [0.1, 0.15) is 5.60 Å². The second kappa shape index (κ2) is 7.70. The molecule has 0 spiro atoms. The fourth-order valence-electron chi connectivity index (χ4n) is 3.03. The topological polar surface area (TPSA) is 41.6 Å². The van der Waals surface area contributed by atoms with Crippen molar-refractivity contribution in [1.29, 1.82) is 0 Å². The van der Waals surface area contributed by atoms with Crippen LogP contribution in [0, 0.1) is 0 Å². The van der Waals surface area contributed by atoms with Crippen molar-refractivity contribution in [1.82, 2.24) is 10.2 Å². The fraction of sp³-hybridized carbons (Fsp3) is 0.526. The standard InChI is InChI=1S/C19H27BrN2O2/c1-19(2,3)24-18(23)21-15-12-11-14(13-9-7-6-8-10-13)16(20)17(15)22(4)5/h6-11,15-17H,12H2,1-5H3,(H,21,23). The van der Waals surface area contributed by atoms with Gasteiger partial charge in [-0.05, 0) is 52.4 Å². The molecule has 24 heavy (non-hydrogen) atoms. The Bertz CT molecular complexity index is 593. The van der Waals surface area contributed by atoms with Crippen LogP contribution in [0.2, 0.25) is 0 Å². The zero-order chi connectivity index (χ0) is 17.9. The Morgan fingerprint density at radius 1 is 1.25 bits per heavy atom. The molecule has 4 nitrogen and oxygen atoms in total. The van der Waals surface area contributed by atoms with Crippen LogP contribution < -0.4 is 5.32 Å². The maximum absolute atomic E-state index is 12.2. The largest absolute Gasteiger partial charge is 0.444 e. The van der Waals surface area contributed by atoms with Crippen LogP contribution in [0.25, 0.3) is 5.57 Å². The third kappa shape index (κ3) is 4.84. The van der Waals surface area contributed by atoms with Crippen LogP contribution >= 0.6 is 15.9 Å². The van der Waals surface area contributed by atoms with Gasteiger partial charge in [-0.3, -0.25) is 0 Å². The Labute approximate surface area is 153 Å². The number of rotatable bonds is 3. The van der Waals surface area contributed by atoms with Gasteiger partial charge in [-0.1, -0.05) is 52.3 Å². The molecule has 5 heteroatoms. The summed E-state index contributed by atoms with van der Waals surface area (Å²) in [5.41, 5.74) is 1.98. The molecule has 1 N–H and O–H groups in total. The molecule has 0 bridgehead atoms. The summed E-state index contributed by atoms with van der Waals surface area (Å²) >= 11 is 3.85. The molecule has 0 aromatic heterocycles. The molecule has 0 heterocycles. The average molecular weight is 395 g/mol. The lowest BCUT2D eigenvalue weighted by molar-refractivity contribution is 0.0476. The average Bonchev–Trinajstić information content (AvgIpc) is 2.45. The van der Waals surface area contributed by atoms with E-state index < -0.39 is 5.60 Å². The molecule has 0 saturated carbocycles. The predicted octanol–water partition coefficient (Wildman–Crippen LogP) is 4.06. The zero-order valence-corrected chi connectivity index (χ0v) is 16.6. The summed E-state index contributed by atoms with van der Waals surface area (Å²) in [5, 5.41) is 3.03. The van der Waals surface area contributed by atoms with E-state index >= 15 is 0 Å². The number of carbonyl (C=O) groups is 1. The highest BCUT2D eigenvalue weighted by atomic mass is 79.9. The number of alkyl carbamates (subject to hydrolysis) is 1. The summed E-state index contributed by atoms with van der Waals surface area (Å²) in [4.78, 5) is 14.4. The summed E-state index contributed by atoms with van der Waals surface area (Å²) in [7, 11) is 4.08. The van der Waals surface area contributed by atoms with Crippen molar-refractivity contribution in [3.63, 3.8) is 0 Å². The van der Waals surface area contributed by atoms with Crippen molar-refractivity contribution in [2.75, 3.05) is 14.1 Å². The molecule has 0 radical (unpaired) electrons. The van der Waals surface area contributed by atoms with E-state index in [1.165, 1.54) is 11.1 Å². The number of ether oxygens (including phenoxy) is 1.